The van der Waals surface area contributed by atoms with E-state index in [1.165, 1.54) is 17.5 Å². The summed E-state index contributed by atoms with van der Waals surface area (Å²) < 4.78 is 24.8. The number of hydrogen-bond acceptors (Lipinski definition) is 4. The molecule has 1 aromatic rings. The molecule has 116 valence electrons. The highest BCUT2D eigenvalue weighted by Crippen LogP contribution is 2.20. The first-order valence-corrected chi connectivity index (χ1v) is 8.84. The third-order valence-electron chi connectivity index (χ3n) is 3.75. The number of rotatable bonds is 4. The summed E-state index contributed by atoms with van der Waals surface area (Å²) in [6, 6.07) is 3.67. The van der Waals surface area contributed by atoms with Gasteiger partial charge in [0, 0.05) is 45.0 Å². The molecule has 0 N–H and O–H groups in total. The molecule has 0 aromatic carbocycles. The molecule has 1 unspecified atom stereocenters. The van der Waals surface area contributed by atoms with Crippen LogP contribution in [-0.4, -0.2) is 53.9 Å². The lowest BCUT2D eigenvalue weighted by molar-refractivity contribution is -0.132. The van der Waals surface area contributed by atoms with Gasteiger partial charge in [-0.3, -0.25) is 9.78 Å². The maximum Gasteiger partial charge on any atom is 0.220 e. The highest BCUT2D eigenvalue weighted by atomic mass is 32.2. The lowest BCUT2D eigenvalue weighted by atomic mass is 10.0. The van der Waals surface area contributed by atoms with Crippen LogP contribution < -0.4 is 0 Å². The lowest BCUT2D eigenvalue weighted by Crippen LogP contribution is -2.50. The molecule has 1 aliphatic heterocycles. The number of pyridine rings is 1. The van der Waals surface area contributed by atoms with Gasteiger partial charge in [-0.2, -0.15) is 0 Å². The summed E-state index contributed by atoms with van der Waals surface area (Å²) in [6.45, 7) is 2.90. The first-order chi connectivity index (χ1) is 9.88. The Morgan fingerprint density at radius 3 is 2.86 bits per heavy atom. The molecule has 1 aromatic heterocycles. The zero-order valence-electron chi connectivity index (χ0n) is 12.4. The minimum absolute atomic E-state index is 0.0424. The molecule has 0 bridgehead atoms. The van der Waals surface area contributed by atoms with Crippen LogP contribution in [0.25, 0.3) is 0 Å². The molecule has 1 aliphatic rings. The highest BCUT2D eigenvalue weighted by molar-refractivity contribution is 7.88. The van der Waals surface area contributed by atoms with E-state index in [4.69, 9.17) is 0 Å². The molecule has 2 rings (SSSR count). The molecule has 7 heteroatoms. The van der Waals surface area contributed by atoms with E-state index in [0.717, 1.165) is 18.4 Å². The Morgan fingerprint density at radius 1 is 1.52 bits per heavy atom. The van der Waals surface area contributed by atoms with Crippen molar-refractivity contribution in [1.29, 1.82) is 0 Å². The van der Waals surface area contributed by atoms with Crippen LogP contribution >= 0.6 is 0 Å². The third-order valence-corrected chi connectivity index (χ3v) is 5.02. The van der Waals surface area contributed by atoms with Crippen molar-refractivity contribution in [3.8, 4) is 0 Å². The van der Waals surface area contributed by atoms with E-state index in [0.29, 0.717) is 19.6 Å². The summed E-state index contributed by atoms with van der Waals surface area (Å²) >= 11 is 0. The molecule has 1 amide bonds. The smallest absolute Gasteiger partial charge is 0.220 e. The number of piperidine rings is 1. The van der Waals surface area contributed by atoms with Crippen molar-refractivity contribution >= 4 is 15.9 Å². The Morgan fingerprint density at radius 2 is 2.29 bits per heavy atom. The van der Waals surface area contributed by atoms with Crippen LogP contribution in [0.2, 0.25) is 0 Å². The summed E-state index contributed by atoms with van der Waals surface area (Å²) in [6.07, 6.45) is 6.23. The van der Waals surface area contributed by atoms with Crippen molar-refractivity contribution in [1.82, 2.24) is 14.2 Å². The predicted molar refractivity (Wildman–Crippen MR) is 79.9 cm³/mol. The van der Waals surface area contributed by atoms with Gasteiger partial charge in [-0.05, 0) is 24.5 Å². The zero-order valence-corrected chi connectivity index (χ0v) is 13.2. The van der Waals surface area contributed by atoms with Gasteiger partial charge in [-0.1, -0.05) is 6.07 Å². The monoisotopic (exact) mass is 311 g/mol. The van der Waals surface area contributed by atoms with Crippen molar-refractivity contribution in [2.24, 2.45) is 0 Å². The van der Waals surface area contributed by atoms with Crippen LogP contribution in [0.5, 0.6) is 0 Å². The Labute approximate surface area is 125 Å². The van der Waals surface area contributed by atoms with Crippen LogP contribution in [0.15, 0.2) is 24.5 Å². The van der Waals surface area contributed by atoms with E-state index in [1.54, 1.807) is 17.3 Å². The average Bonchev–Trinajstić information content (AvgIpc) is 2.45. The lowest BCUT2D eigenvalue weighted by Gasteiger charge is -2.38. The van der Waals surface area contributed by atoms with Gasteiger partial charge in [-0.15, -0.1) is 0 Å². The van der Waals surface area contributed by atoms with E-state index < -0.39 is 10.0 Å². The number of sulfonamides is 1. The molecule has 0 radical (unpaired) electrons. The quantitative estimate of drug-likeness (QED) is 0.827. The fourth-order valence-electron chi connectivity index (χ4n) is 2.66. The van der Waals surface area contributed by atoms with Gasteiger partial charge in [0.1, 0.15) is 0 Å². The van der Waals surface area contributed by atoms with Crippen LogP contribution in [-0.2, 0) is 21.4 Å². The summed E-state index contributed by atoms with van der Waals surface area (Å²) in [5.41, 5.74) is 0.948. The fourth-order valence-corrected chi connectivity index (χ4v) is 3.57. The Kier molecular flexibility index (Phi) is 4.95. The van der Waals surface area contributed by atoms with Gasteiger partial charge in [0.25, 0.3) is 0 Å². The molecule has 6 nitrogen and oxygen atoms in total. The first-order valence-electron chi connectivity index (χ1n) is 6.99. The minimum Gasteiger partial charge on any atom is -0.334 e. The normalized spacial score (nSPS) is 20.2. The first kappa shape index (κ1) is 15.9. The van der Waals surface area contributed by atoms with Crippen molar-refractivity contribution in [2.45, 2.75) is 32.4 Å². The molecular weight excluding hydrogens is 290 g/mol. The van der Waals surface area contributed by atoms with Crippen LogP contribution in [0.3, 0.4) is 0 Å². The molecule has 0 spiro atoms. The topological polar surface area (TPSA) is 70.6 Å². The van der Waals surface area contributed by atoms with Gasteiger partial charge >= 0.3 is 0 Å². The van der Waals surface area contributed by atoms with E-state index in [1.807, 2.05) is 12.1 Å². The van der Waals surface area contributed by atoms with Crippen molar-refractivity contribution in [3.63, 3.8) is 0 Å². The maximum atomic E-state index is 11.9. The predicted octanol–water partition coefficient (Wildman–Crippen LogP) is 0.854. The molecule has 0 aliphatic carbocycles. The van der Waals surface area contributed by atoms with Crippen molar-refractivity contribution in [2.75, 3.05) is 19.3 Å². The Balaban J connectivity index is 2.13. The van der Waals surface area contributed by atoms with E-state index in [2.05, 4.69) is 4.98 Å². The molecule has 1 saturated heterocycles. The second-order valence-electron chi connectivity index (χ2n) is 5.43. The zero-order chi connectivity index (χ0) is 15.5. The Bertz CT molecular complexity index is 589. The number of carbonyl (C=O) groups excluding carboxylic acids is 1. The summed E-state index contributed by atoms with van der Waals surface area (Å²) in [5.74, 6) is -0.0424. The average molecular weight is 311 g/mol. The molecule has 0 saturated carbocycles. The van der Waals surface area contributed by atoms with Crippen LogP contribution in [0, 0.1) is 0 Å². The standard InChI is InChI=1S/C14H21N3O3S/c1-12(18)17(10-13-5-3-7-15-9-13)14-6-4-8-16(11-14)21(2,19)20/h3,5,7,9,14H,4,6,8,10-11H2,1-2H3. The van der Waals surface area contributed by atoms with Gasteiger partial charge < -0.3 is 4.90 Å². The van der Waals surface area contributed by atoms with E-state index >= 15 is 0 Å². The van der Waals surface area contributed by atoms with Gasteiger partial charge in [0.05, 0.1) is 6.26 Å². The largest absolute Gasteiger partial charge is 0.334 e. The number of hydrogen-bond donors (Lipinski definition) is 0. The number of aromatic nitrogens is 1. The van der Waals surface area contributed by atoms with E-state index in [-0.39, 0.29) is 11.9 Å². The SMILES string of the molecule is CC(=O)N(Cc1cccnc1)C1CCCN(S(C)(=O)=O)C1. The second kappa shape index (κ2) is 6.53. The van der Waals surface area contributed by atoms with Crippen molar-refractivity contribution in [3.05, 3.63) is 30.1 Å². The van der Waals surface area contributed by atoms with E-state index in [9.17, 15) is 13.2 Å². The molecule has 1 fully saturated rings. The molecule has 2 heterocycles. The molecule has 1 atom stereocenters. The minimum atomic E-state index is -3.21. The van der Waals surface area contributed by atoms with Gasteiger partial charge in [-0.25, -0.2) is 12.7 Å². The summed E-state index contributed by atoms with van der Waals surface area (Å²) in [5, 5.41) is 0. The summed E-state index contributed by atoms with van der Waals surface area (Å²) in [7, 11) is -3.21. The maximum absolute atomic E-state index is 11.9. The van der Waals surface area contributed by atoms with Gasteiger partial charge in [0.15, 0.2) is 0 Å². The number of amides is 1. The van der Waals surface area contributed by atoms with Crippen LogP contribution in [0.4, 0.5) is 0 Å². The second-order valence-corrected chi connectivity index (χ2v) is 7.41. The number of carbonyl (C=O) groups is 1. The summed E-state index contributed by atoms with van der Waals surface area (Å²) in [4.78, 5) is 17.7. The molecule has 21 heavy (non-hydrogen) atoms. The number of nitrogens with zero attached hydrogens (tertiary/aromatic N) is 3. The van der Waals surface area contributed by atoms with Gasteiger partial charge in [0.2, 0.25) is 15.9 Å². The third kappa shape index (κ3) is 4.25. The highest BCUT2D eigenvalue weighted by Gasteiger charge is 2.30. The molecular formula is C14H21N3O3S. The van der Waals surface area contributed by atoms with Crippen LogP contribution in [0.1, 0.15) is 25.3 Å². The van der Waals surface area contributed by atoms with Crippen molar-refractivity contribution < 1.29 is 13.2 Å². The fraction of sp³-hybridized carbons (Fsp3) is 0.571. The Hall–Kier alpha value is -1.47.